The molecule has 0 radical (unpaired) electrons. The fourth-order valence-corrected chi connectivity index (χ4v) is 3.70. The van der Waals surface area contributed by atoms with E-state index in [-0.39, 0.29) is 23.9 Å². The summed E-state index contributed by atoms with van der Waals surface area (Å²) in [6.07, 6.45) is 4.72. The van der Waals surface area contributed by atoms with Crippen molar-refractivity contribution in [3.63, 3.8) is 0 Å². The molecule has 2 N–H and O–H groups in total. The number of benzene rings is 1. The van der Waals surface area contributed by atoms with Gasteiger partial charge in [0.2, 0.25) is 11.8 Å². The predicted octanol–water partition coefficient (Wildman–Crippen LogP) is 1.74. The van der Waals surface area contributed by atoms with Crippen LogP contribution in [0.1, 0.15) is 43.2 Å². The SMILES string of the molecule is Cc1cccc(CN2CCCC[C@H]2C(=O)N[C@@H]2CCCNC2=O)c1. The molecule has 0 aromatic heterocycles. The maximum absolute atomic E-state index is 12.7. The summed E-state index contributed by atoms with van der Waals surface area (Å²) in [4.78, 5) is 26.9. The molecule has 2 aliphatic heterocycles. The summed E-state index contributed by atoms with van der Waals surface area (Å²) in [5, 5.41) is 5.80. The van der Waals surface area contributed by atoms with Gasteiger partial charge < -0.3 is 10.6 Å². The molecule has 0 saturated carbocycles. The number of amides is 2. The Morgan fingerprint density at radius 2 is 2.17 bits per heavy atom. The Morgan fingerprint density at radius 1 is 1.29 bits per heavy atom. The van der Waals surface area contributed by atoms with Crippen LogP contribution in [0.3, 0.4) is 0 Å². The summed E-state index contributed by atoms with van der Waals surface area (Å²) in [5.74, 6) is -0.0416. The molecule has 1 aromatic rings. The number of hydrogen-bond acceptors (Lipinski definition) is 3. The van der Waals surface area contributed by atoms with Gasteiger partial charge in [0.05, 0.1) is 6.04 Å². The molecule has 2 fully saturated rings. The highest BCUT2D eigenvalue weighted by Gasteiger charge is 2.32. The highest BCUT2D eigenvalue weighted by atomic mass is 16.2. The van der Waals surface area contributed by atoms with Gasteiger partial charge in [0.1, 0.15) is 6.04 Å². The minimum atomic E-state index is -0.367. The number of nitrogens with one attached hydrogen (secondary N) is 2. The number of aryl methyl sites for hydroxylation is 1. The van der Waals surface area contributed by atoms with Crippen LogP contribution in [0.2, 0.25) is 0 Å². The third-order valence-corrected chi connectivity index (χ3v) is 4.99. The number of carbonyl (C=O) groups excluding carboxylic acids is 2. The molecule has 5 heteroatoms. The lowest BCUT2D eigenvalue weighted by molar-refractivity contribution is -0.133. The van der Waals surface area contributed by atoms with Crippen LogP contribution in [0, 0.1) is 6.92 Å². The normalized spacial score (nSPS) is 25.1. The lowest BCUT2D eigenvalue weighted by atomic mass is 9.99. The smallest absolute Gasteiger partial charge is 0.242 e. The van der Waals surface area contributed by atoms with E-state index in [1.54, 1.807) is 0 Å². The second kappa shape index (κ2) is 7.79. The molecule has 0 bridgehead atoms. The first-order valence-corrected chi connectivity index (χ1v) is 9.01. The standard InChI is InChI=1S/C19H27N3O2/c1-14-6-4-7-15(12-14)13-22-11-3-2-9-17(22)19(24)21-16-8-5-10-20-18(16)23/h4,6-7,12,16-17H,2-3,5,8-11,13H2,1H3,(H,20,23)(H,21,24)/t16-,17+/m1/s1. The van der Waals surface area contributed by atoms with Gasteiger partial charge in [-0.15, -0.1) is 0 Å². The van der Waals surface area contributed by atoms with Crippen molar-refractivity contribution in [2.45, 2.75) is 57.7 Å². The molecule has 0 spiro atoms. The molecule has 130 valence electrons. The highest BCUT2D eigenvalue weighted by molar-refractivity contribution is 5.90. The summed E-state index contributed by atoms with van der Waals surface area (Å²) in [6, 6.07) is 7.95. The molecule has 3 rings (SSSR count). The second-order valence-electron chi connectivity index (χ2n) is 6.97. The summed E-state index contributed by atoms with van der Waals surface area (Å²) in [6.45, 7) is 4.53. The van der Waals surface area contributed by atoms with E-state index in [0.717, 1.165) is 45.2 Å². The number of likely N-dealkylation sites (tertiary alicyclic amines) is 1. The van der Waals surface area contributed by atoms with Crippen LogP contribution in [-0.4, -0.2) is 41.9 Å². The van der Waals surface area contributed by atoms with Gasteiger partial charge >= 0.3 is 0 Å². The van der Waals surface area contributed by atoms with Crippen LogP contribution in [-0.2, 0) is 16.1 Å². The summed E-state index contributed by atoms with van der Waals surface area (Å²) in [7, 11) is 0. The Hall–Kier alpha value is -1.88. The topological polar surface area (TPSA) is 61.4 Å². The first-order valence-electron chi connectivity index (χ1n) is 9.01. The third-order valence-electron chi connectivity index (χ3n) is 4.99. The Bertz CT molecular complexity index is 602. The average molecular weight is 329 g/mol. The molecule has 0 aliphatic carbocycles. The van der Waals surface area contributed by atoms with Crippen molar-refractivity contribution in [2.24, 2.45) is 0 Å². The molecular weight excluding hydrogens is 302 g/mol. The maximum Gasteiger partial charge on any atom is 0.242 e. The van der Waals surface area contributed by atoms with Gasteiger partial charge in [-0.2, -0.15) is 0 Å². The number of rotatable bonds is 4. The Kier molecular flexibility index (Phi) is 5.51. The van der Waals surface area contributed by atoms with Crippen molar-refractivity contribution in [3.8, 4) is 0 Å². The predicted molar refractivity (Wildman–Crippen MR) is 93.4 cm³/mol. The first-order chi connectivity index (χ1) is 11.6. The third kappa shape index (κ3) is 4.15. The number of nitrogens with zero attached hydrogens (tertiary/aromatic N) is 1. The minimum Gasteiger partial charge on any atom is -0.354 e. The maximum atomic E-state index is 12.7. The Morgan fingerprint density at radius 3 is 2.96 bits per heavy atom. The molecule has 1 aromatic carbocycles. The van der Waals surface area contributed by atoms with E-state index in [0.29, 0.717) is 6.54 Å². The van der Waals surface area contributed by atoms with Crippen LogP contribution in [0.4, 0.5) is 0 Å². The van der Waals surface area contributed by atoms with Gasteiger partial charge in [-0.1, -0.05) is 36.2 Å². The molecular formula is C19H27N3O2. The van der Waals surface area contributed by atoms with Gasteiger partial charge in [0, 0.05) is 13.1 Å². The zero-order chi connectivity index (χ0) is 16.9. The van der Waals surface area contributed by atoms with E-state index < -0.39 is 0 Å². The molecule has 2 saturated heterocycles. The zero-order valence-corrected chi connectivity index (χ0v) is 14.4. The fraction of sp³-hybridized carbons (Fsp3) is 0.579. The first kappa shape index (κ1) is 17.0. The Labute approximate surface area is 143 Å². The fourth-order valence-electron chi connectivity index (χ4n) is 3.70. The number of carbonyl (C=O) groups is 2. The lowest BCUT2D eigenvalue weighted by Gasteiger charge is -2.36. The van der Waals surface area contributed by atoms with Crippen molar-refractivity contribution >= 4 is 11.8 Å². The number of piperidine rings is 2. The highest BCUT2D eigenvalue weighted by Crippen LogP contribution is 2.21. The van der Waals surface area contributed by atoms with Crippen molar-refractivity contribution in [1.82, 2.24) is 15.5 Å². The zero-order valence-electron chi connectivity index (χ0n) is 14.4. The lowest BCUT2D eigenvalue weighted by Crippen LogP contribution is -2.56. The van der Waals surface area contributed by atoms with E-state index >= 15 is 0 Å². The van der Waals surface area contributed by atoms with Crippen LogP contribution >= 0.6 is 0 Å². The van der Waals surface area contributed by atoms with Crippen LogP contribution in [0.5, 0.6) is 0 Å². The summed E-state index contributed by atoms with van der Waals surface area (Å²) < 4.78 is 0. The second-order valence-corrected chi connectivity index (χ2v) is 6.97. The van der Waals surface area contributed by atoms with Crippen molar-refractivity contribution in [3.05, 3.63) is 35.4 Å². The monoisotopic (exact) mass is 329 g/mol. The van der Waals surface area contributed by atoms with E-state index in [9.17, 15) is 9.59 Å². The van der Waals surface area contributed by atoms with Gasteiger partial charge in [0.25, 0.3) is 0 Å². The van der Waals surface area contributed by atoms with Crippen molar-refractivity contribution in [2.75, 3.05) is 13.1 Å². The van der Waals surface area contributed by atoms with Crippen LogP contribution in [0.15, 0.2) is 24.3 Å². The molecule has 2 aliphatic rings. The molecule has 2 atom stereocenters. The van der Waals surface area contributed by atoms with E-state index in [1.807, 2.05) is 0 Å². The molecule has 24 heavy (non-hydrogen) atoms. The van der Waals surface area contributed by atoms with Crippen molar-refractivity contribution in [1.29, 1.82) is 0 Å². The molecule has 5 nitrogen and oxygen atoms in total. The largest absolute Gasteiger partial charge is 0.354 e. The van der Waals surface area contributed by atoms with Crippen LogP contribution < -0.4 is 10.6 Å². The summed E-state index contributed by atoms with van der Waals surface area (Å²) >= 11 is 0. The van der Waals surface area contributed by atoms with Gasteiger partial charge in [-0.3, -0.25) is 14.5 Å². The average Bonchev–Trinajstić information content (AvgIpc) is 2.57. The van der Waals surface area contributed by atoms with Gasteiger partial charge in [-0.05, 0) is 44.7 Å². The van der Waals surface area contributed by atoms with E-state index in [1.165, 1.54) is 11.1 Å². The van der Waals surface area contributed by atoms with Gasteiger partial charge in [-0.25, -0.2) is 0 Å². The van der Waals surface area contributed by atoms with Crippen molar-refractivity contribution < 1.29 is 9.59 Å². The number of hydrogen-bond donors (Lipinski definition) is 2. The Balaban J connectivity index is 1.65. The summed E-state index contributed by atoms with van der Waals surface area (Å²) in [5.41, 5.74) is 2.48. The molecule has 2 amide bonds. The molecule has 2 heterocycles. The quantitative estimate of drug-likeness (QED) is 0.885. The van der Waals surface area contributed by atoms with E-state index in [4.69, 9.17) is 0 Å². The minimum absolute atomic E-state index is 0.00408. The van der Waals surface area contributed by atoms with E-state index in [2.05, 4.69) is 46.7 Å². The van der Waals surface area contributed by atoms with Gasteiger partial charge in [0.15, 0.2) is 0 Å². The van der Waals surface area contributed by atoms with Crippen LogP contribution in [0.25, 0.3) is 0 Å². The molecule has 0 unspecified atom stereocenters.